The smallest absolute Gasteiger partial charge is 0.225 e. The van der Waals surface area contributed by atoms with E-state index in [1.54, 1.807) is 17.7 Å². The standard InChI is InChI=1S/C21H26N2OS/c1-12-8-16(21(5,6)7)9-13(2)17(12)10-24-19-18-14(3)15(4)25-20(18)23-11-22-19/h8-9,11H,10H2,1-7H3. The summed E-state index contributed by atoms with van der Waals surface area (Å²) in [6.07, 6.45) is 1.59. The summed E-state index contributed by atoms with van der Waals surface area (Å²) >= 11 is 1.69. The van der Waals surface area contributed by atoms with E-state index in [9.17, 15) is 0 Å². The van der Waals surface area contributed by atoms with Crippen molar-refractivity contribution in [1.29, 1.82) is 0 Å². The fourth-order valence-corrected chi connectivity index (χ4v) is 4.04. The second-order valence-corrected chi connectivity index (χ2v) is 8.97. The van der Waals surface area contributed by atoms with Crippen molar-refractivity contribution in [3.05, 3.63) is 51.2 Å². The lowest BCUT2D eigenvalue weighted by Gasteiger charge is -2.22. The van der Waals surface area contributed by atoms with Crippen LogP contribution in [0.3, 0.4) is 0 Å². The predicted molar refractivity (Wildman–Crippen MR) is 106 cm³/mol. The highest BCUT2D eigenvalue weighted by molar-refractivity contribution is 7.18. The highest BCUT2D eigenvalue weighted by Gasteiger charge is 2.17. The van der Waals surface area contributed by atoms with E-state index in [1.165, 1.54) is 32.7 Å². The quantitative estimate of drug-likeness (QED) is 0.596. The topological polar surface area (TPSA) is 35.0 Å². The van der Waals surface area contributed by atoms with Gasteiger partial charge in [-0.3, -0.25) is 0 Å². The second-order valence-electron chi connectivity index (χ2n) is 7.77. The molecule has 0 saturated carbocycles. The molecule has 0 spiro atoms. The third-order valence-electron chi connectivity index (χ3n) is 4.85. The first-order chi connectivity index (χ1) is 11.7. The van der Waals surface area contributed by atoms with Crippen LogP contribution in [0.2, 0.25) is 0 Å². The molecule has 4 heteroatoms. The molecule has 0 unspecified atom stereocenters. The maximum atomic E-state index is 6.14. The summed E-state index contributed by atoms with van der Waals surface area (Å²) in [7, 11) is 0. The molecule has 132 valence electrons. The molecule has 0 aliphatic rings. The van der Waals surface area contributed by atoms with Gasteiger partial charge in [0.25, 0.3) is 0 Å². The normalized spacial score (nSPS) is 12.0. The number of aromatic nitrogens is 2. The molecule has 2 heterocycles. The summed E-state index contributed by atoms with van der Waals surface area (Å²) in [6.45, 7) is 15.8. The van der Waals surface area contributed by atoms with Crippen molar-refractivity contribution < 1.29 is 4.74 Å². The minimum Gasteiger partial charge on any atom is -0.472 e. The minimum atomic E-state index is 0.152. The number of hydrogen-bond acceptors (Lipinski definition) is 4. The highest BCUT2D eigenvalue weighted by atomic mass is 32.1. The Kier molecular flexibility index (Phi) is 4.58. The summed E-state index contributed by atoms with van der Waals surface area (Å²) in [6, 6.07) is 4.56. The zero-order valence-corrected chi connectivity index (χ0v) is 17.0. The number of thiophene rings is 1. The fraction of sp³-hybridized carbons (Fsp3) is 0.429. The van der Waals surface area contributed by atoms with Gasteiger partial charge in [0.05, 0.1) is 5.39 Å². The van der Waals surface area contributed by atoms with E-state index in [0.29, 0.717) is 12.5 Å². The number of benzene rings is 1. The van der Waals surface area contributed by atoms with Crippen molar-refractivity contribution in [2.45, 2.75) is 60.5 Å². The lowest BCUT2D eigenvalue weighted by molar-refractivity contribution is 0.296. The first-order valence-corrected chi connectivity index (χ1v) is 9.44. The third kappa shape index (κ3) is 3.40. The zero-order chi connectivity index (χ0) is 18.4. The first kappa shape index (κ1) is 17.9. The van der Waals surface area contributed by atoms with Gasteiger partial charge in [-0.05, 0) is 60.9 Å². The van der Waals surface area contributed by atoms with E-state index < -0.39 is 0 Å². The Balaban J connectivity index is 1.93. The Labute approximate surface area is 154 Å². The van der Waals surface area contributed by atoms with Gasteiger partial charge in [-0.25, -0.2) is 9.97 Å². The van der Waals surface area contributed by atoms with Crippen LogP contribution in [0.1, 0.15) is 53.5 Å². The number of fused-ring (bicyclic) bond motifs is 1. The summed E-state index contributed by atoms with van der Waals surface area (Å²) in [4.78, 5) is 11.0. The molecular formula is C21H26N2OS. The molecule has 0 amide bonds. The average Bonchev–Trinajstić information content (AvgIpc) is 2.81. The lowest BCUT2D eigenvalue weighted by atomic mass is 9.84. The third-order valence-corrected chi connectivity index (χ3v) is 5.96. The Bertz CT molecular complexity index is 912. The molecule has 0 atom stereocenters. The highest BCUT2D eigenvalue weighted by Crippen LogP contribution is 2.34. The predicted octanol–water partition coefficient (Wildman–Crippen LogP) is 5.80. The van der Waals surface area contributed by atoms with Gasteiger partial charge < -0.3 is 4.74 Å². The molecule has 3 aromatic rings. The van der Waals surface area contributed by atoms with Crippen molar-refractivity contribution >= 4 is 21.6 Å². The molecule has 2 aromatic heterocycles. The lowest BCUT2D eigenvalue weighted by Crippen LogP contribution is -2.13. The van der Waals surface area contributed by atoms with Crippen LogP contribution in [-0.4, -0.2) is 9.97 Å². The Morgan fingerprint density at radius 3 is 2.24 bits per heavy atom. The number of ether oxygens (including phenoxy) is 1. The van der Waals surface area contributed by atoms with Crippen LogP contribution >= 0.6 is 11.3 Å². The molecule has 0 radical (unpaired) electrons. The maximum Gasteiger partial charge on any atom is 0.225 e. The van der Waals surface area contributed by atoms with Crippen molar-refractivity contribution in [2.24, 2.45) is 0 Å². The van der Waals surface area contributed by atoms with Gasteiger partial charge in [-0.2, -0.15) is 0 Å². The van der Waals surface area contributed by atoms with E-state index >= 15 is 0 Å². The molecule has 0 aliphatic heterocycles. The van der Waals surface area contributed by atoms with Gasteiger partial charge >= 0.3 is 0 Å². The Morgan fingerprint density at radius 2 is 1.64 bits per heavy atom. The summed E-state index contributed by atoms with van der Waals surface area (Å²) in [5, 5.41) is 1.05. The van der Waals surface area contributed by atoms with Gasteiger partial charge in [0, 0.05) is 4.88 Å². The first-order valence-electron chi connectivity index (χ1n) is 8.62. The minimum absolute atomic E-state index is 0.152. The summed E-state index contributed by atoms with van der Waals surface area (Å²) in [5.74, 6) is 0.686. The molecule has 0 fully saturated rings. The number of nitrogens with zero attached hydrogens (tertiary/aromatic N) is 2. The van der Waals surface area contributed by atoms with E-state index in [-0.39, 0.29) is 5.41 Å². The number of aryl methyl sites for hydroxylation is 4. The van der Waals surface area contributed by atoms with E-state index in [2.05, 4.69) is 70.6 Å². The summed E-state index contributed by atoms with van der Waals surface area (Å²) in [5.41, 5.74) is 6.51. The molecule has 0 aliphatic carbocycles. The van der Waals surface area contributed by atoms with Crippen LogP contribution in [0.4, 0.5) is 0 Å². The van der Waals surface area contributed by atoms with Gasteiger partial charge in [0.2, 0.25) is 5.88 Å². The second kappa shape index (κ2) is 6.41. The maximum absolute atomic E-state index is 6.14. The van der Waals surface area contributed by atoms with Crippen LogP contribution in [-0.2, 0) is 12.0 Å². The summed E-state index contributed by atoms with van der Waals surface area (Å²) < 4.78 is 6.14. The number of hydrogen-bond donors (Lipinski definition) is 0. The van der Waals surface area contributed by atoms with Crippen LogP contribution < -0.4 is 4.74 Å². The van der Waals surface area contributed by atoms with E-state index in [4.69, 9.17) is 4.74 Å². The van der Waals surface area contributed by atoms with Crippen LogP contribution in [0.15, 0.2) is 18.5 Å². The zero-order valence-electron chi connectivity index (χ0n) is 16.2. The van der Waals surface area contributed by atoms with Crippen LogP contribution in [0.25, 0.3) is 10.2 Å². The van der Waals surface area contributed by atoms with Gasteiger partial charge in [0.1, 0.15) is 17.8 Å². The van der Waals surface area contributed by atoms with Crippen molar-refractivity contribution in [3.63, 3.8) is 0 Å². The molecule has 0 N–H and O–H groups in total. The number of rotatable bonds is 3. The Morgan fingerprint density at radius 1 is 1.00 bits per heavy atom. The van der Waals surface area contributed by atoms with Gasteiger partial charge in [-0.1, -0.05) is 32.9 Å². The molecule has 0 saturated heterocycles. The fourth-order valence-electron chi connectivity index (χ4n) is 3.05. The van der Waals surface area contributed by atoms with Gasteiger partial charge in [0.15, 0.2) is 0 Å². The average molecular weight is 355 g/mol. The van der Waals surface area contributed by atoms with Crippen molar-refractivity contribution in [3.8, 4) is 5.88 Å². The van der Waals surface area contributed by atoms with Crippen molar-refractivity contribution in [2.75, 3.05) is 0 Å². The van der Waals surface area contributed by atoms with E-state index in [1.807, 2.05) is 0 Å². The van der Waals surface area contributed by atoms with Crippen LogP contribution in [0, 0.1) is 27.7 Å². The SMILES string of the molecule is Cc1cc(C(C)(C)C)cc(C)c1COc1ncnc2sc(C)c(C)c12. The molecular weight excluding hydrogens is 328 g/mol. The monoisotopic (exact) mass is 354 g/mol. The largest absolute Gasteiger partial charge is 0.472 e. The van der Waals surface area contributed by atoms with Gasteiger partial charge in [-0.15, -0.1) is 11.3 Å². The van der Waals surface area contributed by atoms with Crippen LogP contribution in [0.5, 0.6) is 5.88 Å². The molecule has 3 rings (SSSR count). The molecule has 1 aromatic carbocycles. The molecule has 25 heavy (non-hydrogen) atoms. The molecule has 0 bridgehead atoms. The van der Waals surface area contributed by atoms with E-state index in [0.717, 1.165) is 10.2 Å². The van der Waals surface area contributed by atoms with Crippen molar-refractivity contribution in [1.82, 2.24) is 9.97 Å². The molecule has 3 nitrogen and oxygen atoms in total. The Hall–Kier alpha value is -1.94.